The summed E-state index contributed by atoms with van der Waals surface area (Å²) in [7, 11) is 1.20. The van der Waals surface area contributed by atoms with Crippen LogP contribution >= 0.6 is 0 Å². The molecular weight excluding hydrogens is 367 g/mol. The molecule has 2 heterocycles. The van der Waals surface area contributed by atoms with E-state index in [4.69, 9.17) is 0 Å². The maximum atomic E-state index is 12.8. The molecule has 0 aliphatic heterocycles. The zero-order chi connectivity index (χ0) is 19.8. The first kappa shape index (κ1) is 18.4. The number of alkyl halides is 3. The molecule has 0 saturated heterocycles. The minimum atomic E-state index is -4.62. The number of hydrogen-bond acceptors (Lipinski definition) is 5. The largest absolute Gasteiger partial charge is 0.465 e. The summed E-state index contributed by atoms with van der Waals surface area (Å²) < 4.78 is 43.9. The number of benzene rings is 1. The van der Waals surface area contributed by atoms with Gasteiger partial charge in [-0.25, -0.2) is 9.78 Å². The molecule has 0 amide bonds. The highest BCUT2D eigenvalue weighted by atomic mass is 19.4. The van der Waals surface area contributed by atoms with Crippen molar-refractivity contribution in [1.29, 1.82) is 0 Å². The Balaban J connectivity index is 2.06. The Labute approximate surface area is 149 Å². The van der Waals surface area contributed by atoms with Crippen molar-refractivity contribution in [3.63, 3.8) is 0 Å². The molecule has 0 atom stereocenters. The number of rotatable bonds is 3. The van der Waals surface area contributed by atoms with E-state index >= 15 is 0 Å². The second-order valence-electron chi connectivity index (χ2n) is 5.62. The van der Waals surface area contributed by atoms with Gasteiger partial charge in [0.1, 0.15) is 5.82 Å². The second-order valence-corrected chi connectivity index (χ2v) is 5.62. The molecule has 0 fully saturated rings. The molecule has 0 aliphatic rings. The van der Waals surface area contributed by atoms with Gasteiger partial charge in [-0.3, -0.25) is 9.59 Å². The third kappa shape index (κ3) is 3.73. The fourth-order valence-electron chi connectivity index (χ4n) is 2.49. The maximum absolute atomic E-state index is 12.8. The van der Waals surface area contributed by atoms with Crippen LogP contribution in [0.4, 0.5) is 13.2 Å². The Hall–Kier alpha value is -3.43. The molecule has 1 N–H and O–H groups in total. The number of ether oxygens (including phenoxy) is 1. The standard InChI is InChI=1S/C17H12F3N3O4/c1-27-16(26)9-2-4-11-12(6-9)21-13(22-15(11)25)8-23-7-10(17(18,19)20)3-5-14(23)24/h2-7H,8H2,1H3,(H,21,22,25). The summed E-state index contributed by atoms with van der Waals surface area (Å²) in [6.07, 6.45) is -3.97. The zero-order valence-corrected chi connectivity index (χ0v) is 13.8. The van der Waals surface area contributed by atoms with Gasteiger partial charge in [0.05, 0.1) is 35.7 Å². The summed E-state index contributed by atoms with van der Waals surface area (Å²) in [6, 6.07) is 5.57. The molecule has 0 radical (unpaired) electrons. The Morgan fingerprint density at radius 2 is 1.96 bits per heavy atom. The van der Waals surface area contributed by atoms with Gasteiger partial charge in [-0.15, -0.1) is 0 Å². The summed E-state index contributed by atoms with van der Waals surface area (Å²) in [6.45, 7) is -0.379. The molecule has 140 valence electrons. The first-order chi connectivity index (χ1) is 12.7. The maximum Gasteiger partial charge on any atom is 0.417 e. The predicted octanol–water partition coefficient (Wildman–Crippen LogP) is 1.94. The lowest BCUT2D eigenvalue weighted by molar-refractivity contribution is -0.138. The minimum Gasteiger partial charge on any atom is -0.465 e. The van der Waals surface area contributed by atoms with Gasteiger partial charge < -0.3 is 14.3 Å². The Bertz CT molecular complexity index is 1150. The van der Waals surface area contributed by atoms with Crippen molar-refractivity contribution in [1.82, 2.24) is 14.5 Å². The molecule has 0 unspecified atom stereocenters. The molecule has 10 heteroatoms. The number of carbonyl (C=O) groups excluding carboxylic acids is 1. The number of hydrogen-bond donors (Lipinski definition) is 1. The number of carbonyl (C=O) groups is 1. The smallest absolute Gasteiger partial charge is 0.417 e. The SMILES string of the molecule is COC(=O)c1ccc2c(=O)[nH]c(Cn3cc(C(F)(F)F)ccc3=O)nc2c1. The van der Waals surface area contributed by atoms with Crippen molar-refractivity contribution < 1.29 is 22.7 Å². The molecule has 3 rings (SSSR count). The third-order valence-electron chi connectivity index (χ3n) is 3.81. The van der Waals surface area contributed by atoms with E-state index in [-0.39, 0.29) is 28.8 Å². The minimum absolute atomic E-state index is 0.0315. The van der Waals surface area contributed by atoms with Crippen LogP contribution in [-0.2, 0) is 17.5 Å². The van der Waals surface area contributed by atoms with Crippen LogP contribution in [0.15, 0.2) is 46.1 Å². The van der Waals surface area contributed by atoms with Crippen LogP contribution < -0.4 is 11.1 Å². The van der Waals surface area contributed by atoms with E-state index in [1.165, 1.54) is 25.3 Å². The van der Waals surface area contributed by atoms with E-state index in [0.717, 1.165) is 10.6 Å². The van der Waals surface area contributed by atoms with Gasteiger partial charge in [0.2, 0.25) is 0 Å². The fraction of sp³-hybridized carbons (Fsp3) is 0.176. The van der Waals surface area contributed by atoms with Crippen LogP contribution in [0.3, 0.4) is 0 Å². The predicted molar refractivity (Wildman–Crippen MR) is 88.5 cm³/mol. The quantitative estimate of drug-likeness (QED) is 0.702. The summed E-state index contributed by atoms with van der Waals surface area (Å²) in [5.41, 5.74) is -1.93. The summed E-state index contributed by atoms with van der Waals surface area (Å²) in [5.74, 6) is -0.662. The van der Waals surface area contributed by atoms with Gasteiger partial charge in [0.25, 0.3) is 11.1 Å². The first-order valence-corrected chi connectivity index (χ1v) is 7.58. The lowest BCUT2D eigenvalue weighted by atomic mass is 10.1. The fourth-order valence-corrected chi connectivity index (χ4v) is 2.49. The monoisotopic (exact) mass is 379 g/mol. The van der Waals surface area contributed by atoms with Gasteiger partial charge in [0.15, 0.2) is 0 Å². The number of nitrogens with one attached hydrogen (secondary N) is 1. The normalized spacial score (nSPS) is 11.6. The summed E-state index contributed by atoms with van der Waals surface area (Å²) >= 11 is 0. The number of H-pyrrole nitrogens is 1. The van der Waals surface area contributed by atoms with Gasteiger partial charge in [0, 0.05) is 12.3 Å². The number of halogens is 3. The highest BCUT2D eigenvalue weighted by Crippen LogP contribution is 2.28. The van der Waals surface area contributed by atoms with Crippen LogP contribution in [0.2, 0.25) is 0 Å². The number of fused-ring (bicyclic) bond motifs is 1. The molecule has 1 aromatic carbocycles. The molecule has 0 spiro atoms. The van der Waals surface area contributed by atoms with Crippen molar-refractivity contribution in [2.75, 3.05) is 7.11 Å². The van der Waals surface area contributed by atoms with E-state index < -0.39 is 28.8 Å². The summed E-state index contributed by atoms with van der Waals surface area (Å²) in [4.78, 5) is 42.2. The van der Waals surface area contributed by atoms with E-state index in [2.05, 4.69) is 14.7 Å². The molecule has 0 bridgehead atoms. The molecule has 7 nitrogen and oxygen atoms in total. The van der Waals surface area contributed by atoms with Gasteiger partial charge in [-0.1, -0.05) is 0 Å². The number of methoxy groups -OCH3 is 1. The van der Waals surface area contributed by atoms with E-state index in [1.54, 1.807) is 0 Å². The lowest BCUT2D eigenvalue weighted by Gasteiger charge is -2.10. The van der Waals surface area contributed by atoms with Crippen molar-refractivity contribution in [3.05, 3.63) is 74.2 Å². The van der Waals surface area contributed by atoms with Crippen LogP contribution in [0.1, 0.15) is 21.7 Å². The Morgan fingerprint density at radius 3 is 2.63 bits per heavy atom. The highest BCUT2D eigenvalue weighted by Gasteiger charge is 2.31. The third-order valence-corrected chi connectivity index (χ3v) is 3.81. The highest BCUT2D eigenvalue weighted by molar-refractivity contribution is 5.93. The van der Waals surface area contributed by atoms with Gasteiger partial charge in [-0.2, -0.15) is 13.2 Å². The van der Waals surface area contributed by atoms with Crippen LogP contribution in [0.5, 0.6) is 0 Å². The van der Waals surface area contributed by atoms with E-state index in [9.17, 15) is 27.6 Å². The first-order valence-electron chi connectivity index (χ1n) is 7.58. The Kier molecular flexibility index (Phi) is 4.56. The van der Waals surface area contributed by atoms with Gasteiger partial charge in [-0.05, 0) is 24.3 Å². The average Bonchev–Trinajstić information content (AvgIpc) is 2.61. The van der Waals surface area contributed by atoms with Crippen molar-refractivity contribution in [2.45, 2.75) is 12.7 Å². The van der Waals surface area contributed by atoms with Crippen LogP contribution in [0.25, 0.3) is 10.9 Å². The Morgan fingerprint density at radius 1 is 1.22 bits per heavy atom. The number of nitrogens with zero attached hydrogens (tertiary/aromatic N) is 2. The topological polar surface area (TPSA) is 94.0 Å². The number of esters is 1. The van der Waals surface area contributed by atoms with Crippen LogP contribution in [0, 0.1) is 0 Å². The van der Waals surface area contributed by atoms with Gasteiger partial charge >= 0.3 is 12.1 Å². The van der Waals surface area contributed by atoms with Crippen molar-refractivity contribution in [2.24, 2.45) is 0 Å². The van der Waals surface area contributed by atoms with Crippen molar-refractivity contribution in [3.8, 4) is 0 Å². The van der Waals surface area contributed by atoms with E-state index in [0.29, 0.717) is 12.3 Å². The van der Waals surface area contributed by atoms with Crippen molar-refractivity contribution >= 4 is 16.9 Å². The molecule has 0 aliphatic carbocycles. The molecule has 0 saturated carbocycles. The molecule has 3 aromatic rings. The molecule has 27 heavy (non-hydrogen) atoms. The van der Waals surface area contributed by atoms with Crippen LogP contribution in [-0.4, -0.2) is 27.6 Å². The van der Waals surface area contributed by atoms with E-state index in [1.807, 2.05) is 0 Å². The number of aromatic amines is 1. The zero-order valence-electron chi connectivity index (χ0n) is 13.8. The lowest BCUT2D eigenvalue weighted by Crippen LogP contribution is -2.24. The number of aromatic nitrogens is 3. The summed E-state index contributed by atoms with van der Waals surface area (Å²) in [5, 5.41) is 0.183. The number of pyridine rings is 1. The average molecular weight is 379 g/mol. The second kappa shape index (κ2) is 6.71. The molecule has 2 aromatic heterocycles. The molecular formula is C17H12F3N3O4.